The van der Waals surface area contributed by atoms with Gasteiger partial charge in [-0.2, -0.15) is 0 Å². The minimum absolute atomic E-state index is 0.617. The number of nitrogens with zero attached hydrogens (tertiary/aromatic N) is 1. The minimum atomic E-state index is 0.617. The summed E-state index contributed by atoms with van der Waals surface area (Å²) in [5.74, 6) is 1.04. The summed E-state index contributed by atoms with van der Waals surface area (Å²) >= 11 is 0. The van der Waals surface area contributed by atoms with Gasteiger partial charge in [0.2, 0.25) is 0 Å². The predicted octanol–water partition coefficient (Wildman–Crippen LogP) is 4.00. The Labute approximate surface area is 140 Å². The van der Waals surface area contributed by atoms with E-state index in [9.17, 15) is 0 Å². The third kappa shape index (κ3) is 4.26. The maximum atomic E-state index is 6.21. The molecule has 3 nitrogen and oxygen atoms in total. The van der Waals surface area contributed by atoms with Crippen LogP contribution in [-0.2, 0) is 19.6 Å². The van der Waals surface area contributed by atoms with Crippen molar-refractivity contribution in [2.75, 3.05) is 25.5 Å². The van der Waals surface area contributed by atoms with Crippen molar-refractivity contribution in [1.29, 1.82) is 0 Å². The molecule has 0 saturated carbocycles. The maximum Gasteiger partial charge on any atom is 0.146 e. The highest BCUT2D eigenvalue weighted by molar-refractivity contribution is 5.64. The van der Waals surface area contributed by atoms with Gasteiger partial charge in [0.25, 0.3) is 0 Å². The molecule has 0 atom stereocenters. The second-order valence-electron chi connectivity index (χ2n) is 5.65. The van der Waals surface area contributed by atoms with E-state index in [2.05, 4.69) is 60.7 Å². The van der Waals surface area contributed by atoms with E-state index < -0.39 is 0 Å². The van der Waals surface area contributed by atoms with Gasteiger partial charge in [-0.1, -0.05) is 50.2 Å². The van der Waals surface area contributed by atoms with Crippen molar-refractivity contribution in [1.82, 2.24) is 5.32 Å². The lowest BCUT2D eigenvalue weighted by molar-refractivity contribution is 0.302. The van der Waals surface area contributed by atoms with Gasteiger partial charge in [0, 0.05) is 26.2 Å². The van der Waals surface area contributed by atoms with Gasteiger partial charge >= 0.3 is 0 Å². The summed E-state index contributed by atoms with van der Waals surface area (Å²) < 4.78 is 6.21. The van der Waals surface area contributed by atoms with Gasteiger partial charge < -0.3 is 15.0 Å². The van der Waals surface area contributed by atoms with Crippen LogP contribution in [0.5, 0.6) is 5.75 Å². The van der Waals surface area contributed by atoms with Gasteiger partial charge in [0.05, 0.1) is 5.69 Å². The van der Waals surface area contributed by atoms with E-state index in [4.69, 9.17) is 4.74 Å². The van der Waals surface area contributed by atoms with Crippen LogP contribution in [0.4, 0.5) is 5.69 Å². The maximum absolute atomic E-state index is 6.21. The number of hydrogen-bond acceptors (Lipinski definition) is 3. The van der Waals surface area contributed by atoms with E-state index in [0.29, 0.717) is 6.61 Å². The van der Waals surface area contributed by atoms with Crippen LogP contribution in [0.15, 0.2) is 42.5 Å². The molecule has 1 aliphatic heterocycles. The van der Waals surface area contributed by atoms with Crippen molar-refractivity contribution in [3.8, 4) is 5.75 Å². The molecule has 0 aliphatic carbocycles. The molecule has 2 aromatic rings. The third-order valence-corrected chi connectivity index (χ3v) is 3.91. The molecule has 23 heavy (non-hydrogen) atoms. The van der Waals surface area contributed by atoms with Crippen molar-refractivity contribution < 1.29 is 4.74 Å². The Morgan fingerprint density at radius 1 is 1.04 bits per heavy atom. The minimum Gasteiger partial charge on any atom is -0.486 e. The van der Waals surface area contributed by atoms with Crippen molar-refractivity contribution >= 4 is 5.69 Å². The number of anilines is 1. The van der Waals surface area contributed by atoms with Gasteiger partial charge in [-0.3, -0.25) is 0 Å². The van der Waals surface area contributed by atoms with Gasteiger partial charge in [-0.25, -0.2) is 0 Å². The van der Waals surface area contributed by atoms with Crippen LogP contribution in [-0.4, -0.2) is 20.6 Å². The molecule has 0 spiro atoms. The molecule has 2 aromatic carbocycles. The number of benzene rings is 2. The Hall–Kier alpha value is -2.00. The number of ether oxygens (including phenoxy) is 1. The van der Waals surface area contributed by atoms with E-state index in [0.717, 1.165) is 30.9 Å². The van der Waals surface area contributed by atoms with E-state index in [1.807, 2.05) is 19.9 Å². The van der Waals surface area contributed by atoms with Gasteiger partial charge in [0.15, 0.2) is 0 Å². The van der Waals surface area contributed by atoms with Crippen LogP contribution in [0.2, 0.25) is 0 Å². The first-order chi connectivity index (χ1) is 11.3. The standard InChI is InChI=1S/C18H22N2O.C2H6/c1-20(2)17-9-8-15-12-19-11-10-16(15)18(17)21-13-14-6-4-3-5-7-14;1-2/h3-9,19H,10-13H2,1-2H3;1-2H3. The third-order valence-electron chi connectivity index (χ3n) is 3.91. The summed E-state index contributed by atoms with van der Waals surface area (Å²) in [4.78, 5) is 2.13. The molecule has 0 unspecified atom stereocenters. The fourth-order valence-electron chi connectivity index (χ4n) is 2.78. The molecule has 0 saturated heterocycles. The van der Waals surface area contributed by atoms with Gasteiger partial charge in [-0.15, -0.1) is 0 Å². The van der Waals surface area contributed by atoms with Gasteiger partial charge in [-0.05, 0) is 30.2 Å². The Morgan fingerprint density at radius 2 is 1.78 bits per heavy atom. The summed E-state index contributed by atoms with van der Waals surface area (Å²) in [7, 11) is 4.14. The first-order valence-corrected chi connectivity index (χ1v) is 8.45. The monoisotopic (exact) mass is 312 g/mol. The molecule has 0 aromatic heterocycles. The van der Waals surface area contributed by atoms with Crippen LogP contribution in [0.3, 0.4) is 0 Å². The number of rotatable bonds is 4. The summed E-state index contributed by atoms with van der Waals surface area (Å²) in [6.45, 7) is 6.57. The predicted molar refractivity (Wildman–Crippen MR) is 98.3 cm³/mol. The topological polar surface area (TPSA) is 24.5 Å². The van der Waals surface area contributed by atoms with Crippen molar-refractivity contribution in [2.24, 2.45) is 0 Å². The van der Waals surface area contributed by atoms with Crippen LogP contribution < -0.4 is 15.0 Å². The average molecular weight is 312 g/mol. The molecule has 0 radical (unpaired) electrons. The Kier molecular flexibility index (Phi) is 6.48. The van der Waals surface area contributed by atoms with Crippen LogP contribution in [0.1, 0.15) is 30.5 Å². The highest BCUT2D eigenvalue weighted by Crippen LogP contribution is 2.35. The zero-order valence-corrected chi connectivity index (χ0v) is 14.7. The lowest BCUT2D eigenvalue weighted by Gasteiger charge is -2.25. The molecule has 3 rings (SSSR count). The SMILES string of the molecule is CC.CN(C)c1ccc2c(c1OCc1ccccc1)CCNC2. The summed E-state index contributed by atoms with van der Waals surface area (Å²) in [5, 5.41) is 3.42. The molecular formula is C20H28N2O. The number of fused-ring (bicyclic) bond motifs is 1. The molecule has 1 heterocycles. The second kappa shape index (κ2) is 8.59. The van der Waals surface area contributed by atoms with Crippen LogP contribution in [0.25, 0.3) is 0 Å². The molecule has 0 bridgehead atoms. The number of nitrogens with one attached hydrogen (secondary N) is 1. The Bertz CT molecular complexity index is 609. The smallest absolute Gasteiger partial charge is 0.146 e. The average Bonchev–Trinajstić information content (AvgIpc) is 2.62. The van der Waals surface area contributed by atoms with Gasteiger partial charge in [0.1, 0.15) is 12.4 Å². The zero-order valence-electron chi connectivity index (χ0n) is 14.7. The van der Waals surface area contributed by atoms with Crippen molar-refractivity contribution in [3.63, 3.8) is 0 Å². The normalized spacial score (nSPS) is 12.7. The first kappa shape index (κ1) is 17.4. The molecule has 124 valence electrons. The Balaban J connectivity index is 0.000000924. The lowest BCUT2D eigenvalue weighted by atomic mass is 9.98. The Morgan fingerprint density at radius 3 is 2.48 bits per heavy atom. The van der Waals surface area contributed by atoms with Crippen molar-refractivity contribution in [2.45, 2.75) is 33.4 Å². The molecule has 1 aliphatic rings. The van der Waals surface area contributed by atoms with E-state index >= 15 is 0 Å². The molecular weight excluding hydrogens is 284 g/mol. The van der Waals surface area contributed by atoms with E-state index in [-0.39, 0.29) is 0 Å². The van der Waals surface area contributed by atoms with Crippen LogP contribution >= 0.6 is 0 Å². The largest absolute Gasteiger partial charge is 0.486 e. The molecule has 1 N–H and O–H groups in total. The highest BCUT2D eigenvalue weighted by atomic mass is 16.5. The number of hydrogen-bond donors (Lipinski definition) is 1. The first-order valence-electron chi connectivity index (χ1n) is 8.45. The van der Waals surface area contributed by atoms with Crippen molar-refractivity contribution in [3.05, 3.63) is 59.2 Å². The fraction of sp³-hybridized carbons (Fsp3) is 0.400. The molecule has 0 amide bonds. The van der Waals surface area contributed by atoms with E-state index in [1.165, 1.54) is 16.7 Å². The summed E-state index contributed by atoms with van der Waals surface area (Å²) in [6.07, 6.45) is 1.03. The fourth-order valence-corrected chi connectivity index (χ4v) is 2.78. The lowest BCUT2D eigenvalue weighted by Crippen LogP contribution is -2.25. The zero-order chi connectivity index (χ0) is 16.7. The summed E-state index contributed by atoms with van der Waals surface area (Å²) in [6, 6.07) is 14.7. The quantitative estimate of drug-likeness (QED) is 0.923. The second-order valence-corrected chi connectivity index (χ2v) is 5.65. The highest BCUT2D eigenvalue weighted by Gasteiger charge is 2.18. The summed E-state index contributed by atoms with van der Waals surface area (Å²) in [5.41, 5.74) is 5.08. The van der Waals surface area contributed by atoms with E-state index in [1.54, 1.807) is 0 Å². The van der Waals surface area contributed by atoms with Crippen LogP contribution in [0, 0.1) is 0 Å². The molecule has 0 fully saturated rings. The molecule has 3 heteroatoms.